The Labute approximate surface area is 110 Å². The molecule has 0 bridgehead atoms. The van der Waals surface area contributed by atoms with Gasteiger partial charge in [0.1, 0.15) is 6.07 Å². The van der Waals surface area contributed by atoms with Crippen LogP contribution in [0.25, 0.3) is 0 Å². The minimum atomic E-state index is -0.237. The number of aliphatic hydroxyl groups is 1. The van der Waals surface area contributed by atoms with E-state index in [9.17, 15) is 5.11 Å². The van der Waals surface area contributed by atoms with Crippen LogP contribution in [0.2, 0.25) is 0 Å². The van der Waals surface area contributed by atoms with Crippen LogP contribution in [0.3, 0.4) is 0 Å². The number of anilines is 1. The molecule has 17 heavy (non-hydrogen) atoms. The molecule has 0 unspecified atom stereocenters. The Hall–Kier alpha value is -1.05. The molecule has 1 aliphatic carbocycles. The Kier molecular flexibility index (Phi) is 3.70. The van der Waals surface area contributed by atoms with Gasteiger partial charge in [-0.1, -0.05) is 28.8 Å². The van der Waals surface area contributed by atoms with Gasteiger partial charge in [0, 0.05) is 4.47 Å². The number of halogens is 1. The van der Waals surface area contributed by atoms with Gasteiger partial charge in [-0.25, -0.2) is 0 Å². The van der Waals surface area contributed by atoms with Gasteiger partial charge < -0.3 is 10.4 Å². The van der Waals surface area contributed by atoms with Crippen LogP contribution in [-0.2, 0) is 0 Å². The topological polar surface area (TPSA) is 56.0 Å². The van der Waals surface area contributed by atoms with E-state index >= 15 is 0 Å². The second kappa shape index (κ2) is 5.07. The lowest BCUT2D eigenvalue weighted by Crippen LogP contribution is -2.39. The van der Waals surface area contributed by atoms with Crippen molar-refractivity contribution in [2.45, 2.75) is 31.2 Å². The second-order valence-corrected chi connectivity index (χ2v) is 5.49. The van der Waals surface area contributed by atoms with E-state index in [0.717, 1.165) is 35.8 Å². The summed E-state index contributed by atoms with van der Waals surface area (Å²) in [5, 5.41) is 22.0. The third-order valence-corrected chi connectivity index (χ3v) is 3.86. The van der Waals surface area contributed by atoms with Gasteiger partial charge in [-0.05, 0) is 31.0 Å². The highest BCUT2D eigenvalue weighted by atomic mass is 79.9. The van der Waals surface area contributed by atoms with Gasteiger partial charge in [-0.15, -0.1) is 0 Å². The number of nitrogens with one attached hydrogen (secondary N) is 1. The molecule has 0 radical (unpaired) electrons. The molecule has 1 aromatic carbocycles. The summed E-state index contributed by atoms with van der Waals surface area (Å²) in [7, 11) is 0. The van der Waals surface area contributed by atoms with E-state index in [2.05, 4.69) is 27.3 Å². The van der Waals surface area contributed by atoms with Crippen LogP contribution in [0.5, 0.6) is 0 Å². The first-order valence-electron chi connectivity index (χ1n) is 5.78. The zero-order valence-corrected chi connectivity index (χ0v) is 11.1. The summed E-state index contributed by atoms with van der Waals surface area (Å²) in [5.74, 6) is 0. The molecule has 0 aliphatic heterocycles. The SMILES string of the molecule is N#Cc1cc(Br)ccc1NC1(CO)CCCC1. The maximum absolute atomic E-state index is 9.54. The van der Waals surface area contributed by atoms with E-state index in [1.54, 1.807) is 6.07 Å². The maximum atomic E-state index is 9.54. The Balaban J connectivity index is 2.26. The predicted molar refractivity (Wildman–Crippen MR) is 70.8 cm³/mol. The molecule has 1 aromatic rings. The van der Waals surface area contributed by atoms with Gasteiger partial charge in [0.2, 0.25) is 0 Å². The third kappa shape index (κ3) is 2.62. The molecule has 0 heterocycles. The highest BCUT2D eigenvalue weighted by Crippen LogP contribution is 2.34. The molecule has 1 fully saturated rings. The first-order valence-corrected chi connectivity index (χ1v) is 6.57. The Morgan fingerprint density at radius 1 is 1.41 bits per heavy atom. The van der Waals surface area contributed by atoms with Crippen molar-refractivity contribution in [3.8, 4) is 6.07 Å². The Bertz CT molecular complexity index is 447. The van der Waals surface area contributed by atoms with Crippen LogP contribution in [0.1, 0.15) is 31.2 Å². The summed E-state index contributed by atoms with van der Waals surface area (Å²) < 4.78 is 0.893. The van der Waals surface area contributed by atoms with E-state index in [1.807, 2.05) is 12.1 Å². The molecular formula is C13H15BrN2O. The molecule has 90 valence electrons. The number of aliphatic hydroxyl groups excluding tert-OH is 1. The van der Waals surface area contributed by atoms with Crippen LogP contribution in [-0.4, -0.2) is 17.3 Å². The minimum absolute atomic E-state index is 0.119. The fraction of sp³-hybridized carbons (Fsp3) is 0.462. The van der Waals surface area contributed by atoms with Gasteiger partial charge in [0.05, 0.1) is 23.4 Å². The predicted octanol–water partition coefficient (Wildman–Crippen LogP) is 3.04. The largest absolute Gasteiger partial charge is 0.394 e. The average molecular weight is 295 g/mol. The number of nitrogens with zero attached hydrogens (tertiary/aromatic N) is 1. The van der Waals surface area contributed by atoms with Crippen molar-refractivity contribution in [3.05, 3.63) is 28.2 Å². The Morgan fingerprint density at radius 2 is 2.12 bits per heavy atom. The molecule has 1 aliphatic rings. The van der Waals surface area contributed by atoms with Crippen molar-refractivity contribution < 1.29 is 5.11 Å². The van der Waals surface area contributed by atoms with Crippen molar-refractivity contribution in [3.63, 3.8) is 0 Å². The molecule has 2 rings (SSSR count). The average Bonchev–Trinajstić information content (AvgIpc) is 2.81. The molecular weight excluding hydrogens is 280 g/mol. The van der Waals surface area contributed by atoms with E-state index < -0.39 is 0 Å². The summed E-state index contributed by atoms with van der Waals surface area (Å²) in [5.41, 5.74) is 1.19. The van der Waals surface area contributed by atoms with Crippen molar-refractivity contribution in [1.29, 1.82) is 5.26 Å². The molecule has 0 amide bonds. The second-order valence-electron chi connectivity index (χ2n) is 4.57. The fourth-order valence-corrected chi connectivity index (χ4v) is 2.74. The maximum Gasteiger partial charge on any atom is 0.101 e. The van der Waals surface area contributed by atoms with Gasteiger partial charge in [0.15, 0.2) is 0 Å². The molecule has 0 aromatic heterocycles. The first kappa shape index (κ1) is 12.4. The molecule has 0 atom stereocenters. The van der Waals surface area contributed by atoms with Crippen molar-refractivity contribution in [2.24, 2.45) is 0 Å². The summed E-state index contributed by atoms with van der Waals surface area (Å²) >= 11 is 3.35. The van der Waals surface area contributed by atoms with Gasteiger partial charge in [0.25, 0.3) is 0 Å². The van der Waals surface area contributed by atoms with E-state index in [0.29, 0.717) is 5.56 Å². The quantitative estimate of drug-likeness (QED) is 0.901. The third-order valence-electron chi connectivity index (χ3n) is 3.37. The number of hydrogen-bond acceptors (Lipinski definition) is 3. The molecule has 4 heteroatoms. The summed E-state index contributed by atoms with van der Waals surface area (Å²) in [6.07, 6.45) is 4.19. The lowest BCUT2D eigenvalue weighted by molar-refractivity contribution is 0.214. The van der Waals surface area contributed by atoms with E-state index in [1.165, 1.54) is 0 Å². The number of benzene rings is 1. The lowest BCUT2D eigenvalue weighted by Gasteiger charge is -2.29. The zero-order chi connectivity index (χ0) is 12.3. The smallest absolute Gasteiger partial charge is 0.101 e. The normalized spacial score (nSPS) is 17.7. The number of rotatable bonds is 3. The van der Waals surface area contributed by atoms with Gasteiger partial charge in [-0.2, -0.15) is 5.26 Å². The molecule has 0 spiro atoms. The highest BCUT2D eigenvalue weighted by molar-refractivity contribution is 9.10. The minimum Gasteiger partial charge on any atom is -0.394 e. The number of hydrogen-bond donors (Lipinski definition) is 2. The van der Waals surface area contributed by atoms with Crippen LogP contribution in [0.4, 0.5) is 5.69 Å². The zero-order valence-electron chi connectivity index (χ0n) is 9.54. The van der Waals surface area contributed by atoms with Crippen molar-refractivity contribution >= 4 is 21.6 Å². The molecule has 0 saturated heterocycles. The highest BCUT2D eigenvalue weighted by Gasteiger charge is 2.33. The van der Waals surface area contributed by atoms with Crippen molar-refractivity contribution in [2.75, 3.05) is 11.9 Å². The van der Waals surface area contributed by atoms with Crippen LogP contribution in [0, 0.1) is 11.3 Å². The van der Waals surface area contributed by atoms with Crippen LogP contribution in [0.15, 0.2) is 22.7 Å². The molecule has 1 saturated carbocycles. The lowest BCUT2D eigenvalue weighted by atomic mass is 9.97. The summed E-state index contributed by atoms with van der Waals surface area (Å²) in [6, 6.07) is 7.76. The first-order chi connectivity index (χ1) is 8.19. The van der Waals surface area contributed by atoms with E-state index in [4.69, 9.17) is 5.26 Å². The van der Waals surface area contributed by atoms with Crippen LogP contribution >= 0.6 is 15.9 Å². The fourth-order valence-electron chi connectivity index (χ4n) is 2.38. The summed E-state index contributed by atoms with van der Waals surface area (Å²) in [4.78, 5) is 0. The van der Waals surface area contributed by atoms with Crippen LogP contribution < -0.4 is 5.32 Å². The monoisotopic (exact) mass is 294 g/mol. The van der Waals surface area contributed by atoms with Crippen molar-refractivity contribution in [1.82, 2.24) is 0 Å². The molecule has 3 nitrogen and oxygen atoms in total. The molecule has 2 N–H and O–H groups in total. The van der Waals surface area contributed by atoms with Gasteiger partial charge in [-0.3, -0.25) is 0 Å². The number of nitriles is 1. The van der Waals surface area contributed by atoms with E-state index in [-0.39, 0.29) is 12.1 Å². The van der Waals surface area contributed by atoms with Gasteiger partial charge >= 0.3 is 0 Å². The Morgan fingerprint density at radius 3 is 2.71 bits per heavy atom. The summed E-state index contributed by atoms with van der Waals surface area (Å²) in [6.45, 7) is 0.119. The standard InChI is InChI=1S/C13H15BrN2O/c14-11-3-4-12(10(7-11)8-15)16-13(9-17)5-1-2-6-13/h3-4,7,16-17H,1-2,5-6,9H2.